The predicted octanol–water partition coefficient (Wildman–Crippen LogP) is 5.20. The minimum absolute atomic E-state index is 0. The molecule has 2 rings (SSSR count). The van der Waals surface area contributed by atoms with Crippen molar-refractivity contribution in [2.75, 3.05) is 0 Å². The van der Waals surface area contributed by atoms with Crippen LogP contribution in [0.3, 0.4) is 0 Å². The quantitative estimate of drug-likeness (QED) is 0.500. The van der Waals surface area contributed by atoms with Crippen LogP contribution in [-0.2, 0) is 19.5 Å². The van der Waals surface area contributed by atoms with Gasteiger partial charge < -0.3 is 0 Å². The Hall–Kier alpha value is -0.587. The molecule has 0 nitrogen and oxygen atoms in total. The zero-order chi connectivity index (χ0) is 13.7. The van der Waals surface area contributed by atoms with Crippen molar-refractivity contribution >= 4 is 12.6 Å². The van der Waals surface area contributed by atoms with Crippen molar-refractivity contribution in [1.82, 2.24) is 0 Å². The molecule has 0 aliphatic rings. The van der Waals surface area contributed by atoms with Gasteiger partial charge in [-0.3, -0.25) is 0 Å². The number of aryl methyl sites for hydroxylation is 2. The van der Waals surface area contributed by atoms with Crippen LogP contribution in [0.5, 0.6) is 0 Å². The first-order chi connectivity index (χ1) is 8.43. The van der Waals surface area contributed by atoms with Crippen LogP contribution in [0.15, 0.2) is 41.3 Å². The molecular weight excluding hydrogens is 302 g/mol. The first kappa shape index (κ1) is 18.4. The Bertz CT molecular complexity index is 492. The topological polar surface area (TPSA) is 0 Å². The van der Waals surface area contributed by atoms with Crippen molar-refractivity contribution < 1.29 is 19.5 Å². The molecule has 0 aromatic heterocycles. The fraction of sp³-hybridized carbons (Fsp3) is 0.294. The van der Waals surface area contributed by atoms with E-state index in [2.05, 4.69) is 53.3 Å². The molecule has 0 atom stereocenters. The molecule has 2 aromatic carbocycles. The van der Waals surface area contributed by atoms with E-state index in [9.17, 15) is 0 Å². The molecule has 0 amide bonds. The first-order valence-electron chi connectivity index (χ1n) is 6.21. The van der Waals surface area contributed by atoms with E-state index in [4.69, 9.17) is 0 Å². The van der Waals surface area contributed by atoms with Crippen molar-refractivity contribution in [3.05, 3.63) is 64.2 Å². The van der Waals surface area contributed by atoms with Gasteiger partial charge in [-0.05, 0) is 74.6 Å². The molecule has 0 aliphatic carbocycles. The van der Waals surface area contributed by atoms with E-state index >= 15 is 0 Å². The Kier molecular flexibility index (Phi) is 8.29. The molecule has 0 heterocycles. The van der Waals surface area contributed by atoms with E-state index in [1.54, 1.807) is 0 Å². The van der Waals surface area contributed by atoms with Crippen LogP contribution in [0.25, 0.3) is 0 Å². The third kappa shape index (κ3) is 5.50. The second kappa shape index (κ2) is 8.56. The summed E-state index contributed by atoms with van der Waals surface area (Å²) in [6.45, 7) is 10.9. The van der Waals surface area contributed by atoms with Gasteiger partial charge in [0, 0.05) is 24.4 Å². The molecule has 0 saturated heterocycles. The minimum atomic E-state index is 0. The second-order valence-electron chi connectivity index (χ2n) is 4.72. The van der Waals surface area contributed by atoms with Crippen molar-refractivity contribution in [1.29, 1.82) is 0 Å². The van der Waals surface area contributed by atoms with E-state index in [0.29, 0.717) is 0 Å². The van der Waals surface area contributed by atoms with Crippen molar-refractivity contribution in [2.45, 2.75) is 39.5 Å². The van der Waals surface area contributed by atoms with Crippen LogP contribution in [0.1, 0.15) is 27.8 Å². The SMILES string of the molecule is Cc1cc(C)c(C)c(C)c1C.Sc1ccccc1.[Zn]. The van der Waals surface area contributed by atoms with Gasteiger partial charge in [0.1, 0.15) is 0 Å². The molecule has 0 aliphatic heterocycles. The molecule has 98 valence electrons. The average molecular weight is 324 g/mol. The number of rotatable bonds is 0. The number of hydrogen-bond acceptors (Lipinski definition) is 1. The Labute approximate surface area is 135 Å². The van der Waals surface area contributed by atoms with Crippen LogP contribution >= 0.6 is 12.6 Å². The van der Waals surface area contributed by atoms with Gasteiger partial charge in [0.25, 0.3) is 0 Å². The molecule has 0 spiro atoms. The van der Waals surface area contributed by atoms with E-state index in [0.717, 1.165) is 4.90 Å². The van der Waals surface area contributed by atoms with Crippen LogP contribution in [0, 0.1) is 34.6 Å². The molecule has 2 aromatic rings. The molecular formula is C17H22SZn. The Balaban J connectivity index is 0.000000352. The van der Waals surface area contributed by atoms with Gasteiger partial charge in [-0.2, -0.15) is 0 Å². The normalized spacial score (nSPS) is 9.16. The standard InChI is InChI=1S/C11H16.C6H6S.Zn/c1-7-6-8(2)10(4)11(5)9(7)3;7-6-4-2-1-3-5-6;/h6H,1-5H3;1-5,7H;. The van der Waals surface area contributed by atoms with Gasteiger partial charge >= 0.3 is 0 Å². The molecule has 0 bridgehead atoms. The first-order valence-corrected chi connectivity index (χ1v) is 6.66. The van der Waals surface area contributed by atoms with Gasteiger partial charge in [-0.1, -0.05) is 24.3 Å². The van der Waals surface area contributed by atoms with Crippen LogP contribution in [-0.4, -0.2) is 0 Å². The summed E-state index contributed by atoms with van der Waals surface area (Å²) < 4.78 is 0. The molecule has 0 saturated carbocycles. The van der Waals surface area contributed by atoms with Gasteiger partial charge in [-0.15, -0.1) is 12.6 Å². The minimum Gasteiger partial charge on any atom is -0.143 e. The number of benzene rings is 2. The number of hydrogen-bond donors (Lipinski definition) is 1. The maximum atomic E-state index is 4.08. The fourth-order valence-electron chi connectivity index (χ4n) is 1.84. The second-order valence-corrected chi connectivity index (χ2v) is 5.24. The van der Waals surface area contributed by atoms with E-state index in [-0.39, 0.29) is 19.5 Å². The van der Waals surface area contributed by atoms with Gasteiger partial charge in [0.2, 0.25) is 0 Å². The van der Waals surface area contributed by atoms with Crippen LogP contribution in [0.4, 0.5) is 0 Å². The maximum Gasteiger partial charge on any atom is 0.00399 e. The van der Waals surface area contributed by atoms with Gasteiger partial charge in [0.05, 0.1) is 0 Å². The number of thiol groups is 1. The van der Waals surface area contributed by atoms with Crippen molar-refractivity contribution in [3.63, 3.8) is 0 Å². The summed E-state index contributed by atoms with van der Waals surface area (Å²) in [5.41, 5.74) is 7.14. The maximum absolute atomic E-state index is 4.08. The molecule has 2 heteroatoms. The molecule has 19 heavy (non-hydrogen) atoms. The zero-order valence-corrected chi connectivity index (χ0v) is 16.5. The molecule has 0 fully saturated rings. The Morgan fingerprint density at radius 2 is 1.11 bits per heavy atom. The zero-order valence-electron chi connectivity index (χ0n) is 12.6. The third-order valence-corrected chi connectivity index (χ3v) is 3.80. The van der Waals surface area contributed by atoms with Gasteiger partial charge in [-0.25, -0.2) is 0 Å². The van der Waals surface area contributed by atoms with E-state index in [1.807, 2.05) is 30.3 Å². The fourth-order valence-corrected chi connectivity index (χ4v) is 2.01. The van der Waals surface area contributed by atoms with E-state index in [1.165, 1.54) is 27.8 Å². The van der Waals surface area contributed by atoms with Crippen LogP contribution in [0.2, 0.25) is 0 Å². The predicted molar refractivity (Wildman–Crippen MR) is 83.8 cm³/mol. The summed E-state index contributed by atoms with van der Waals surface area (Å²) in [4.78, 5) is 1.02. The Morgan fingerprint density at radius 1 is 0.684 bits per heavy atom. The summed E-state index contributed by atoms with van der Waals surface area (Å²) in [6.07, 6.45) is 0. The molecule has 0 radical (unpaired) electrons. The summed E-state index contributed by atoms with van der Waals surface area (Å²) in [5, 5.41) is 0. The largest absolute Gasteiger partial charge is 0.143 e. The summed E-state index contributed by atoms with van der Waals surface area (Å²) in [5.74, 6) is 0. The summed E-state index contributed by atoms with van der Waals surface area (Å²) in [6, 6.07) is 12.0. The molecule has 0 unspecified atom stereocenters. The average Bonchev–Trinajstić information content (AvgIpc) is 2.36. The van der Waals surface area contributed by atoms with Gasteiger partial charge in [0.15, 0.2) is 0 Å². The summed E-state index contributed by atoms with van der Waals surface area (Å²) in [7, 11) is 0. The third-order valence-electron chi connectivity index (χ3n) is 3.50. The smallest absolute Gasteiger partial charge is 0.00399 e. The van der Waals surface area contributed by atoms with Crippen molar-refractivity contribution in [3.8, 4) is 0 Å². The Morgan fingerprint density at radius 3 is 1.42 bits per heavy atom. The molecule has 0 N–H and O–H groups in total. The van der Waals surface area contributed by atoms with Crippen molar-refractivity contribution in [2.24, 2.45) is 0 Å². The van der Waals surface area contributed by atoms with E-state index < -0.39 is 0 Å². The summed E-state index contributed by atoms with van der Waals surface area (Å²) >= 11 is 4.08. The van der Waals surface area contributed by atoms with Crippen LogP contribution < -0.4 is 0 Å². The monoisotopic (exact) mass is 322 g/mol.